The van der Waals surface area contributed by atoms with Crippen LogP contribution in [0.3, 0.4) is 0 Å². The number of hydrogen-bond donors (Lipinski definition) is 2. The van der Waals surface area contributed by atoms with Crippen molar-refractivity contribution in [1.82, 2.24) is 20.2 Å². The molecule has 51 heavy (non-hydrogen) atoms. The Labute approximate surface area is 303 Å². The number of amides is 2. The number of carboxylic acid groups (broad SMARTS) is 1. The molecule has 272 valence electrons. The predicted octanol–water partition coefficient (Wildman–Crippen LogP) is 7.15. The second-order valence-electron chi connectivity index (χ2n) is 16.2. The van der Waals surface area contributed by atoms with Gasteiger partial charge in [-0.1, -0.05) is 89.8 Å². The van der Waals surface area contributed by atoms with Gasteiger partial charge < -0.3 is 20.2 Å². The summed E-state index contributed by atoms with van der Waals surface area (Å²) in [7, 11) is 0. The molecular weight excluding hydrogens is 638 g/mol. The first-order valence-electron chi connectivity index (χ1n) is 19.1. The van der Waals surface area contributed by atoms with Crippen LogP contribution in [-0.2, 0) is 21.4 Å². The molecule has 0 radical (unpaired) electrons. The van der Waals surface area contributed by atoms with Gasteiger partial charge in [-0.3, -0.25) is 14.4 Å². The molecule has 9 heteroatoms. The van der Waals surface area contributed by atoms with E-state index in [2.05, 4.69) is 37.9 Å². The van der Waals surface area contributed by atoms with Crippen molar-refractivity contribution in [2.45, 2.75) is 96.9 Å². The Morgan fingerprint density at radius 2 is 1.47 bits per heavy atom. The van der Waals surface area contributed by atoms with E-state index >= 15 is 0 Å². The number of rotatable bonds is 11. The van der Waals surface area contributed by atoms with Crippen molar-refractivity contribution in [1.29, 1.82) is 0 Å². The number of piperidine rings is 1. The standard InChI is InChI=1S/C42H55N5O4/c1-5-6-28-7-11-30(12-8-28)31-19-21-46(22-20-31)36-24-43-38(44-25-36)32-13-9-29(10-14-32)23-37(40(49)47-26-34(27-47)41(50)51)45-39(48)33-15-17-35(18-16-33)42(2,3)4/h9-10,13-18,24-25,28,30-31,34,37H,5-8,11-12,19-23,26-27H2,1-4H3,(H,45,48)(H,50,51)/t28?,30?,37-/m0/s1. The predicted molar refractivity (Wildman–Crippen MR) is 201 cm³/mol. The van der Waals surface area contributed by atoms with Crippen LogP contribution in [-0.4, -0.2) is 70.0 Å². The summed E-state index contributed by atoms with van der Waals surface area (Å²) in [6, 6.07) is 14.4. The van der Waals surface area contributed by atoms with Crippen molar-refractivity contribution in [3.63, 3.8) is 0 Å². The molecule has 2 aromatic carbocycles. The van der Waals surface area contributed by atoms with Crippen LogP contribution in [0.1, 0.15) is 101 Å². The maximum atomic E-state index is 13.5. The lowest BCUT2D eigenvalue weighted by molar-refractivity contribution is -0.153. The zero-order valence-corrected chi connectivity index (χ0v) is 30.8. The lowest BCUT2D eigenvalue weighted by atomic mass is 9.72. The number of benzene rings is 2. The Bertz CT molecular complexity index is 1630. The largest absolute Gasteiger partial charge is 0.481 e. The molecule has 3 aliphatic rings. The van der Waals surface area contributed by atoms with E-state index in [1.165, 1.54) is 56.3 Å². The Balaban J connectivity index is 1.06. The van der Waals surface area contributed by atoms with Crippen LogP contribution in [0.25, 0.3) is 11.4 Å². The van der Waals surface area contributed by atoms with Crippen LogP contribution < -0.4 is 10.2 Å². The smallest absolute Gasteiger partial charge is 0.310 e. The fourth-order valence-corrected chi connectivity index (χ4v) is 8.24. The van der Waals surface area contributed by atoms with Crippen LogP contribution >= 0.6 is 0 Å². The maximum absolute atomic E-state index is 13.5. The number of anilines is 1. The number of aromatic nitrogens is 2. The van der Waals surface area contributed by atoms with Gasteiger partial charge in [-0.15, -0.1) is 0 Å². The van der Waals surface area contributed by atoms with Gasteiger partial charge in [0.05, 0.1) is 24.0 Å². The number of carbonyl (C=O) groups is 3. The molecular formula is C42H55N5O4. The molecule has 2 N–H and O–H groups in total. The third-order valence-electron chi connectivity index (χ3n) is 11.6. The summed E-state index contributed by atoms with van der Waals surface area (Å²) in [4.78, 5) is 51.6. The minimum absolute atomic E-state index is 0.0468. The van der Waals surface area contributed by atoms with Crippen LogP contribution in [0.5, 0.6) is 0 Å². The highest BCUT2D eigenvalue weighted by Crippen LogP contribution is 2.39. The van der Waals surface area contributed by atoms with Crippen LogP contribution in [0.15, 0.2) is 60.9 Å². The average Bonchev–Trinajstić information content (AvgIpc) is 3.11. The summed E-state index contributed by atoms with van der Waals surface area (Å²) in [6.07, 6.45) is 15.0. The number of carboxylic acids is 1. The second-order valence-corrected chi connectivity index (χ2v) is 16.2. The van der Waals surface area contributed by atoms with E-state index in [1.54, 1.807) is 12.1 Å². The van der Waals surface area contributed by atoms with Crippen LogP contribution in [0.2, 0.25) is 0 Å². The molecule has 2 amide bonds. The Morgan fingerprint density at radius 1 is 0.863 bits per heavy atom. The molecule has 0 bridgehead atoms. The molecule has 6 rings (SSSR count). The minimum atomic E-state index is -0.913. The third-order valence-corrected chi connectivity index (χ3v) is 11.6. The summed E-state index contributed by atoms with van der Waals surface area (Å²) < 4.78 is 0. The molecule has 9 nitrogen and oxygen atoms in total. The lowest BCUT2D eigenvalue weighted by Gasteiger charge is -2.39. The zero-order valence-electron chi connectivity index (χ0n) is 30.8. The molecule has 0 spiro atoms. The van der Waals surface area contributed by atoms with E-state index in [0.29, 0.717) is 11.4 Å². The summed E-state index contributed by atoms with van der Waals surface area (Å²) in [6.45, 7) is 11.1. The van der Waals surface area contributed by atoms with Gasteiger partial charge in [0.2, 0.25) is 5.91 Å². The van der Waals surface area contributed by atoms with Crippen molar-refractivity contribution < 1.29 is 19.5 Å². The zero-order chi connectivity index (χ0) is 36.1. The van der Waals surface area contributed by atoms with Crippen molar-refractivity contribution in [2.24, 2.45) is 23.7 Å². The topological polar surface area (TPSA) is 116 Å². The lowest BCUT2D eigenvalue weighted by Crippen LogP contribution is -2.59. The van der Waals surface area contributed by atoms with Crippen molar-refractivity contribution in [3.05, 3.63) is 77.6 Å². The first-order chi connectivity index (χ1) is 24.5. The van der Waals surface area contributed by atoms with Gasteiger partial charge in [-0.05, 0) is 72.1 Å². The fourth-order valence-electron chi connectivity index (χ4n) is 8.24. The van der Waals surface area contributed by atoms with Gasteiger partial charge in [-0.2, -0.15) is 0 Å². The number of carbonyl (C=O) groups excluding carboxylic acids is 2. The Kier molecular flexibility index (Phi) is 11.4. The first kappa shape index (κ1) is 36.5. The molecule has 3 fully saturated rings. The van der Waals surface area contributed by atoms with Gasteiger partial charge in [-0.25, -0.2) is 9.97 Å². The number of aliphatic carboxylic acids is 1. The van der Waals surface area contributed by atoms with Gasteiger partial charge in [0.25, 0.3) is 5.91 Å². The molecule has 3 heterocycles. The van der Waals surface area contributed by atoms with E-state index in [9.17, 15) is 19.5 Å². The van der Waals surface area contributed by atoms with E-state index in [1.807, 2.05) is 48.8 Å². The number of nitrogens with one attached hydrogen (secondary N) is 1. The van der Waals surface area contributed by atoms with E-state index < -0.39 is 17.9 Å². The van der Waals surface area contributed by atoms with E-state index in [-0.39, 0.29) is 36.7 Å². The summed E-state index contributed by atoms with van der Waals surface area (Å²) in [5.41, 5.74) is 4.35. The monoisotopic (exact) mass is 693 g/mol. The highest BCUT2D eigenvalue weighted by atomic mass is 16.4. The molecule has 2 aliphatic heterocycles. The van der Waals surface area contributed by atoms with Crippen molar-refractivity contribution in [3.8, 4) is 11.4 Å². The molecule has 1 atom stereocenters. The first-order valence-corrected chi connectivity index (χ1v) is 19.1. The summed E-state index contributed by atoms with van der Waals surface area (Å²) in [5.74, 6) is 1.24. The van der Waals surface area contributed by atoms with Crippen LogP contribution in [0, 0.1) is 23.7 Å². The molecule has 2 saturated heterocycles. The van der Waals surface area contributed by atoms with Crippen LogP contribution in [0.4, 0.5) is 5.69 Å². The normalized spacial score (nSPS) is 20.8. The van der Waals surface area contributed by atoms with Gasteiger partial charge in [0, 0.05) is 43.7 Å². The SMILES string of the molecule is CCCC1CCC(C2CCN(c3cnc(-c4ccc(C[C@H](NC(=O)c5ccc(C(C)(C)C)cc5)C(=O)N5CC(C(=O)O)C5)cc4)nc3)CC2)CC1. The van der Waals surface area contributed by atoms with Crippen molar-refractivity contribution >= 4 is 23.5 Å². The molecule has 1 aromatic heterocycles. The molecule has 3 aromatic rings. The number of likely N-dealkylation sites (tertiary alicyclic amines) is 1. The van der Waals surface area contributed by atoms with Gasteiger partial charge in [0.1, 0.15) is 6.04 Å². The fraction of sp³-hybridized carbons (Fsp3) is 0.548. The number of nitrogens with zero attached hydrogens (tertiary/aromatic N) is 4. The molecule has 0 unspecified atom stereocenters. The molecule has 1 aliphatic carbocycles. The average molecular weight is 694 g/mol. The van der Waals surface area contributed by atoms with Gasteiger partial charge in [0.15, 0.2) is 5.82 Å². The van der Waals surface area contributed by atoms with E-state index in [4.69, 9.17) is 9.97 Å². The highest BCUT2D eigenvalue weighted by Gasteiger charge is 2.39. The quantitative estimate of drug-likeness (QED) is 0.219. The Morgan fingerprint density at radius 3 is 2.04 bits per heavy atom. The van der Waals surface area contributed by atoms with Gasteiger partial charge >= 0.3 is 5.97 Å². The Hall–Kier alpha value is -4.27. The second kappa shape index (κ2) is 16.0. The number of hydrogen-bond acceptors (Lipinski definition) is 6. The summed E-state index contributed by atoms with van der Waals surface area (Å²) in [5, 5.41) is 12.3. The minimum Gasteiger partial charge on any atom is -0.481 e. The highest BCUT2D eigenvalue weighted by molar-refractivity contribution is 5.98. The maximum Gasteiger partial charge on any atom is 0.310 e. The van der Waals surface area contributed by atoms with Crippen molar-refractivity contribution in [2.75, 3.05) is 31.1 Å². The summed E-state index contributed by atoms with van der Waals surface area (Å²) >= 11 is 0. The third kappa shape index (κ3) is 8.97. The van der Waals surface area contributed by atoms with E-state index in [0.717, 1.165) is 53.2 Å². The molecule has 1 saturated carbocycles.